The SMILES string of the molecule is CC1CC(OC=O)CCC(C(=O)O)C1. The molecule has 0 aromatic rings. The molecule has 3 atom stereocenters. The maximum Gasteiger partial charge on any atom is 0.306 e. The summed E-state index contributed by atoms with van der Waals surface area (Å²) < 4.78 is 4.89. The van der Waals surface area contributed by atoms with E-state index in [0.717, 1.165) is 6.42 Å². The van der Waals surface area contributed by atoms with E-state index < -0.39 is 5.97 Å². The van der Waals surface area contributed by atoms with Crippen LogP contribution in [0.5, 0.6) is 0 Å². The molecule has 3 unspecified atom stereocenters. The predicted octanol–water partition coefficient (Wildman–Crippen LogP) is 1.44. The topological polar surface area (TPSA) is 63.6 Å². The van der Waals surface area contributed by atoms with E-state index in [2.05, 4.69) is 0 Å². The van der Waals surface area contributed by atoms with Crippen molar-refractivity contribution in [1.29, 1.82) is 0 Å². The van der Waals surface area contributed by atoms with Crippen LogP contribution in [0.3, 0.4) is 0 Å². The zero-order valence-electron chi connectivity index (χ0n) is 8.31. The van der Waals surface area contributed by atoms with Crippen LogP contribution in [0.15, 0.2) is 0 Å². The minimum absolute atomic E-state index is 0.0909. The molecule has 1 aliphatic carbocycles. The number of carboxylic acid groups (broad SMARTS) is 1. The van der Waals surface area contributed by atoms with Gasteiger partial charge in [-0.3, -0.25) is 9.59 Å². The Balaban J connectivity index is 2.52. The lowest BCUT2D eigenvalue weighted by Crippen LogP contribution is -2.14. The van der Waals surface area contributed by atoms with Crippen LogP contribution in [0.2, 0.25) is 0 Å². The van der Waals surface area contributed by atoms with E-state index in [4.69, 9.17) is 9.84 Å². The molecule has 0 aromatic heterocycles. The van der Waals surface area contributed by atoms with Gasteiger partial charge >= 0.3 is 5.97 Å². The second-order valence-electron chi connectivity index (χ2n) is 4.04. The smallest absolute Gasteiger partial charge is 0.306 e. The molecule has 1 fully saturated rings. The fraction of sp³-hybridized carbons (Fsp3) is 0.800. The first-order valence-corrected chi connectivity index (χ1v) is 4.95. The number of aliphatic carboxylic acids is 1. The van der Waals surface area contributed by atoms with Gasteiger partial charge in [0, 0.05) is 0 Å². The third kappa shape index (κ3) is 3.01. The average molecular weight is 200 g/mol. The van der Waals surface area contributed by atoms with Crippen LogP contribution in [0.1, 0.15) is 32.6 Å². The maximum absolute atomic E-state index is 10.8. The fourth-order valence-electron chi connectivity index (χ4n) is 2.08. The van der Waals surface area contributed by atoms with Crippen LogP contribution in [0, 0.1) is 11.8 Å². The van der Waals surface area contributed by atoms with Crippen LogP contribution < -0.4 is 0 Å². The highest BCUT2D eigenvalue weighted by Crippen LogP contribution is 2.28. The molecule has 0 saturated heterocycles. The lowest BCUT2D eigenvalue weighted by molar-refractivity contribution is -0.142. The normalized spacial score (nSPS) is 33.1. The molecular weight excluding hydrogens is 184 g/mol. The molecular formula is C10H16O4. The van der Waals surface area contributed by atoms with Crippen molar-refractivity contribution in [3.8, 4) is 0 Å². The number of hydrogen-bond donors (Lipinski definition) is 1. The summed E-state index contributed by atoms with van der Waals surface area (Å²) in [6.07, 6.45) is 2.65. The van der Waals surface area contributed by atoms with Crippen molar-refractivity contribution in [2.45, 2.75) is 38.7 Å². The molecule has 0 amide bonds. The minimum Gasteiger partial charge on any atom is -0.481 e. The van der Waals surface area contributed by atoms with Crippen molar-refractivity contribution < 1.29 is 19.4 Å². The van der Waals surface area contributed by atoms with Gasteiger partial charge in [-0.15, -0.1) is 0 Å². The first kappa shape index (κ1) is 11.0. The Morgan fingerprint density at radius 2 is 2.14 bits per heavy atom. The highest BCUT2D eigenvalue weighted by atomic mass is 16.5. The van der Waals surface area contributed by atoms with Gasteiger partial charge in [-0.05, 0) is 31.6 Å². The summed E-state index contributed by atoms with van der Waals surface area (Å²) in [5.74, 6) is -0.697. The molecule has 80 valence electrons. The Bertz CT molecular complexity index is 214. The predicted molar refractivity (Wildman–Crippen MR) is 49.7 cm³/mol. The number of carboxylic acids is 1. The van der Waals surface area contributed by atoms with E-state index in [9.17, 15) is 9.59 Å². The van der Waals surface area contributed by atoms with Crippen LogP contribution in [0.4, 0.5) is 0 Å². The first-order valence-electron chi connectivity index (χ1n) is 4.95. The van der Waals surface area contributed by atoms with Crippen LogP contribution >= 0.6 is 0 Å². The van der Waals surface area contributed by atoms with Gasteiger partial charge in [0.1, 0.15) is 6.10 Å². The van der Waals surface area contributed by atoms with Gasteiger partial charge in [-0.2, -0.15) is 0 Å². The highest BCUT2D eigenvalue weighted by molar-refractivity contribution is 5.69. The molecule has 0 aromatic carbocycles. The number of ether oxygens (including phenoxy) is 1. The summed E-state index contributed by atoms with van der Waals surface area (Å²) in [5.41, 5.74) is 0. The molecule has 0 aliphatic heterocycles. The van der Waals surface area contributed by atoms with E-state index in [1.807, 2.05) is 6.92 Å². The minimum atomic E-state index is -0.733. The summed E-state index contributed by atoms with van der Waals surface area (Å²) >= 11 is 0. The van der Waals surface area contributed by atoms with E-state index in [0.29, 0.717) is 31.7 Å². The van der Waals surface area contributed by atoms with Crippen molar-refractivity contribution in [3.63, 3.8) is 0 Å². The summed E-state index contributed by atoms with van der Waals surface area (Å²) in [4.78, 5) is 21.0. The summed E-state index contributed by atoms with van der Waals surface area (Å²) in [5, 5.41) is 8.89. The molecule has 1 saturated carbocycles. The molecule has 1 rings (SSSR count). The molecule has 1 N–H and O–H groups in total. The fourth-order valence-corrected chi connectivity index (χ4v) is 2.08. The van der Waals surface area contributed by atoms with Gasteiger partial charge in [-0.25, -0.2) is 0 Å². The average Bonchev–Trinajstić information content (AvgIpc) is 2.28. The largest absolute Gasteiger partial charge is 0.481 e. The van der Waals surface area contributed by atoms with Crippen LogP contribution in [-0.2, 0) is 14.3 Å². The molecule has 0 spiro atoms. The van der Waals surface area contributed by atoms with E-state index in [1.165, 1.54) is 0 Å². The Kier molecular flexibility index (Phi) is 3.92. The van der Waals surface area contributed by atoms with Crippen LogP contribution in [0.25, 0.3) is 0 Å². The number of carbonyl (C=O) groups is 2. The molecule has 4 nitrogen and oxygen atoms in total. The number of rotatable bonds is 3. The monoisotopic (exact) mass is 200 g/mol. The van der Waals surface area contributed by atoms with Gasteiger partial charge < -0.3 is 9.84 Å². The second kappa shape index (κ2) is 4.98. The van der Waals surface area contributed by atoms with Gasteiger partial charge in [0.15, 0.2) is 0 Å². The van der Waals surface area contributed by atoms with Crippen molar-refractivity contribution in [3.05, 3.63) is 0 Å². The van der Waals surface area contributed by atoms with E-state index in [-0.39, 0.29) is 12.0 Å². The Hall–Kier alpha value is -1.06. The standard InChI is InChI=1S/C10H16O4/c1-7-4-8(10(12)13)2-3-9(5-7)14-6-11/h6-9H,2-5H2,1H3,(H,12,13). The lowest BCUT2D eigenvalue weighted by Gasteiger charge is -2.14. The molecule has 0 heterocycles. The van der Waals surface area contributed by atoms with Gasteiger partial charge in [0.25, 0.3) is 6.47 Å². The Morgan fingerprint density at radius 3 is 2.71 bits per heavy atom. The number of hydrogen-bond acceptors (Lipinski definition) is 3. The number of carbonyl (C=O) groups excluding carboxylic acids is 1. The molecule has 0 radical (unpaired) electrons. The zero-order chi connectivity index (χ0) is 10.6. The zero-order valence-corrected chi connectivity index (χ0v) is 8.31. The van der Waals surface area contributed by atoms with Gasteiger partial charge in [0.05, 0.1) is 5.92 Å². The highest BCUT2D eigenvalue weighted by Gasteiger charge is 2.27. The maximum atomic E-state index is 10.8. The van der Waals surface area contributed by atoms with E-state index in [1.54, 1.807) is 0 Å². The van der Waals surface area contributed by atoms with Gasteiger partial charge in [-0.1, -0.05) is 6.92 Å². The second-order valence-corrected chi connectivity index (χ2v) is 4.04. The third-order valence-corrected chi connectivity index (χ3v) is 2.79. The first-order chi connectivity index (χ1) is 6.63. The third-order valence-electron chi connectivity index (χ3n) is 2.79. The van der Waals surface area contributed by atoms with E-state index >= 15 is 0 Å². The summed E-state index contributed by atoms with van der Waals surface area (Å²) in [6, 6.07) is 0. The van der Waals surface area contributed by atoms with Crippen molar-refractivity contribution in [2.24, 2.45) is 11.8 Å². The van der Waals surface area contributed by atoms with Crippen molar-refractivity contribution in [1.82, 2.24) is 0 Å². The lowest BCUT2D eigenvalue weighted by atomic mass is 9.95. The van der Waals surface area contributed by atoms with Gasteiger partial charge in [0.2, 0.25) is 0 Å². The molecule has 14 heavy (non-hydrogen) atoms. The Morgan fingerprint density at radius 1 is 1.43 bits per heavy atom. The van der Waals surface area contributed by atoms with Crippen molar-refractivity contribution >= 4 is 12.4 Å². The Labute approximate surface area is 83.2 Å². The molecule has 4 heteroatoms. The molecule has 1 aliphatic rings. The van der Waals surface area contributed by atoms with Crippen molar-refractivity contribution in [2.75, 3.05) is 0 Å². The van der Waals surface area contributed by atoms with Crippen LogP contribution in [-0.4, -0.2) is 23.7 Å². The molecule has 0 bridgehead atoms. The summed E-state index contributed by atoms with van der Waals surface area (Å²) in [6.45, 7) is 2.46. The quantitative estimate of drug-likeness (QED) is 0.553. The summed E-state index contributed by atoms with van der Waals surface area (Å²) in [7, 11) is 0.